The van der Waals surface area contributed by atoms with E-state index in [0.29, 0.717) is 0 Å². The molecule has 0 unspecified atom stereocenters. The first-order chi connectivity index (χ1) is 14.8. The first kappa shape index (κ1) is 17.3. The van der Waals surface area contributed by atoms with Crippen LogP contribution in [0.15, 0.2) is 61.2 Å². The highest BCUT2D eigenvalue weighted by atomic mass is 32.1. The molecule has 0 amide bonds. The van der Waals surface area contributed by atoms with Gasteiger partial charge in [-0.05, 0) is 23.8 Å². The molecule has 30 heavy (non-hydrogen) atoms. The van der Waals surface area contributed by atoms with Gasteiger partial charge in [0.1, 0.15) is 29.1 Å². The van der Waals surface area contributed by atoms with Crippen LogP contribution < -0.4 is 9.80 Å². The predicted molar refractivity (Wildman–Crippen MR) is 118 cm³/mol. The van der Waals surface area contributed by atoms with Crippen molar-refractivity contribution in [1.82, 2.24) is 29.8 Å². The molecule has 8 nitrogen and oxygen atoms in total. The molecule has 0 spiro atoms. The van der Waals surface area contributed by atoms with E-state index in [1.165, 1.54) is 10.4 Å². The van der Waals surface area contributed by atoms with Crippen molar-refractivity contribution < 1.29 is 0 Å². The zero-order valence-electron chi connectivity index (χ0n) is 16.1. The van der Waals surface area contributed by atoms with E-state index < -0.39 is 0 Å². The van der Waals surface area contributed by atoms with Crippen molar-refractivity contribution >= 4 is 38.8 Å². The Bertz CT molecular complexity index is 1320. The van der Waals surface area contributed by atoms with Gasteiger partial charge in [0.2, 0.25) is 0 Å². The summed E-state index contributed by atoms with van der Waals surface area (Å²) in [5.41, 5.74) is 1.97. The van der Waals surface area contributed by atoms with Crippen molar-refractivity contribution in [1.29, 1.82) is 0 Å². The third kappa shape index (κ3) is 2.94. The van der Waals surface area contributed by atoms with Crippen molar-refractivity contribution in [3.05, 3.63) is 61.2 Å². The molecule has 5 aromatic rings. The van der Waals surface area contributed by atoms with Gasteiger partial charge in [-0.2, -0.15) is 4.52 Å². The molecule has 6 rings (SSSR count). The quantitative estimate of drug-likeness (QED) is 0.449. The number of rotatable bonds is 3. The fourth-order valence-electron chi connectivity index (χ4n) is 3.87. The number of anilines is 2. The van der Waals surface area contributed by atoms with Gasteiger partial charge >= 0.3 is 0 Å². The summed E-state index contributed by atoms with van der Waals surface area (Å²) in [5, 5.41) is 13.7. The molecule has 0 N–H and O–H groups in total. The SMILES string of the molecule is c1ccc(-c2cc3c(N4CCN(c5ccc6nncn6n5)CC4)ncnc3s2)cc1. The van der Waals surface area contributed by atoms with Gasteiger partial charge in [0.15, 0.2) is 5.65 Å². The van der Waals surface area contributed by atoms with Crippen LogP contribution in [-0.2, 0) is 0 Å². The molecule has 5 heterocycles. The van der Waals surface area contributed by atoms with E-state index in [1.54, 1.807) is 28.5 Å². The van der Waals surface area contributed by atoms with E-state index in [4.69, 9.17) is 0 Å². The molecule has 0 atom stereocenters. The Morgan fingerprint density at radius 1 is 0.867 bits per heavy atom. The highest BCUT2D eigenvalue weighted by Gasteiger charge is 2.22. The summed E-state index contributed by atoms with van der Waals surface area (Å²) in [6.07, 6.45) is 3.31. The molecule has 1 aliphatic heterocycles. The maximum absolute atomic E-state index is 4.64. The zero-order valence-corrected chi connectivity index (χ0v) is 16.9. The minimum Gasteiger partial charge on any atom is -0.352 e. The van der Waals surface area contributed by atoms with Crippen molar-refractivity contribution in [2.45, 2.75) is 0 Å². The minimum absolute atomic E-state index is 0.757. The molecular weight excluding hydrogens is 396 g/mol. The third-order valence-electron chi connectivity index (χ3n) is 5.42. The molecule has 148 valence electrons. The Kier molecular flexibility index (Phi) is 4.05. The number of nitrogens with zero attached hydrogens (tertiary/aromatic N) is 8. The topological polar surface area (TPSA) is 75.3 Å². The normalized spacial score (nSPS) is 14.7. The molecule has 9 heteroatoms. The monoisotopic (exact) mass is 414 g/mol. The van der Waals surface area contributed by atoms with Crippen LogP contribution in [0.2, 0.25) is 0 Å². The first-order valence-electron chi connectivity index (χ1n) is 9.82. The molecule has 4 aromatic heterocycles. The van der Waals surface area contributed by atoms with Gasteiger partial charge < -0.3 is 9.80 Å². The Morgan fingerprint density at radius 2 is 1.70 bits per heavy atom. The summed E-state index contributed by atoms with van der Waals surface area (Å²) in [6.45, 7) is 3.51. The summed E-state index contributed by atoms with van der Waals surface area (Å²) in [6, 6.07) is 16.6. The van der Waals surface area contributed by atoms with E-state index in [9.17, 15) is 0 Å². The second-order valence-electron chi connectivity index (χ2n) is 7.19. The van der Waals surface area contributed by atoms with Gasteiger partial charge in [0.05, 0.1) is 5.39 Å². The lowest BCUT2D eigenvalue weighted by molar-refractivity contribution is 0.637. The van der Waals surface area contributed by atoms with Gasteiger partial charge in [-0.1, -0.05) is 30.3 Å². The Hall–Kier alpha value is -3.59. The molecule has 1 fully saturated rings. The van der Waals surface area contributed by atoms with Crippen molar-refractivity contribution in [3.63, 3.8) is 0 Å². The maximum Gasteiger partial charge on any atom is 0.177 e. The second-order valence-corrected chi connectivity index (χ2v) is 8.22. The van der Waals surface area contributed by atoms with Gasteiger partial charge in [0.25, 0.3) is 0 Å². The van der Waals surface area contributed by atoms with E-state index in [2.05, 4.69) is 65.4 Å². The molecule has 0 bridgehead atoms. The van der Waals surface area contributed by atoms with Crippen molar-refractivity contribution in [3.8, 4) is 10.4 Å². The summed E-state index contributed by atoms with van der Waals surface area (Å²) in [4.78, 5) is 16.0. The lowest BCUT2D eigenvalue weighted by atomic mass is 10.2. The number of thiophene rings is 1. The smallest absolute Gasteiger partial charge is 0.177 e. The van der Waals surface area contributed by atoms with Crippen LogP contribution in [0.5, 0.6) is 0 Å². The van der Waals surface area contributed by atoms with Crippen molar-refractivity contribution in [2.24, 2.45) is 0 Å². The van der Waals surface area contributed by atoms with E-state index in [1.807, 2.05) is 18.2 Å². The molecule has 0 saturated carbocycles. The fraction of sp³-hybridized carbons (Fsp3) is 0.190. The maximum atomic E-state index is 4.64. The van der Waals surface area contributed by atoms with E-state index >= 15 is 0 Å². The van der Waals surface area contributed by atoms with Crippen LogP contribution in [0.25, 0.3) is 26.3 Å². The number of hydrogen-bond acceptors (Lipinski definition) is 8. The molecule has 0 radical (unpaired) electrons. The Labute approximate surface area is 176 Å². The van der Waals surface area contributed by atoms with Crippen LogP contribution in [0.3, 0.4) is 0 Å². The number of aromatic nitrogens is 6. The number of hydrogen-bond donors (Lipinski definition) is 0. The van der Waals surface area contributed by atoms with Gasteiger partial charge in [-0.25, -0.2) is 9.97 Å². The largest absolute Gasteiger partial charge is 0.352 e. The Balaban J connectivity index is 1.26. The fourth-order valence-corrected chi connectivity index (χ4v) is 4.87. The van der Waals surface area contributed by atoms with E-state index in [0.717, 1.165) is 53.7 Å². The molecule has 1 saturated heterocycles. The van der Waals surface area contributed by atoms with Gasteiger partial charge in [-0.3, -0.25) is 0 Å². The lowest BCUT2D eigenvalue weighted by Crippen LogP contribution is -2.47. The number of piperazine rings is 1. The van der Waals surface area contributed by atoms with Crippen LogP contribution in [-0.4, -0.2) is 56.0 Å². The van der Waals surface area contributed by atoms with Crippen LogP contribution in [0.4, 0.5) is 11.6 Å². The molecule has 1 aromatic carbocycles. The number of fused-ring (bicyclic) bond motifs is 2. The summed E-state index contributed by atoms with van der Waals surface area (Å²) >= 11 is 1.72. The molecule has 0 aliphatic carbocycles. The lowest BCUT2D eigenvalue weighted by Gasteiger charge is -2.36. The Morgan fingerprint density at radius 3 is 2.57 bits per heavy atom. The summed E-state index contributed by atoms with van der Waals surface area (Å²) in [5.74, 6) is 1.96. The van der Waals surface area contributed by atoms with Crippen LogP contribution >= 0.6 is 11.3 Å². The average Bonchev–Trinajstić information content (AvgIpc) is 3.46. The van der Waals surface area contributed by atoms with Gasteiger partial charge in [-0.15, -0.1) is 26.6 Å². The average molecular weight is 414 g/mol. The minimum atomic E-state index is 0.757. The highest BCUT2D eigenvalue weighted by molar-refractivity contribution is 7.21. The van der Waals surface area contributed by atoms with Crippen LogP contribution in [0, 0.1) is 0 Å². The number of benzene rings is 1. The van der Waals surface area contributed by atoms with Gasteiger partial charge in [0, 0.05) is 31.1 Å². The van der Waals surface area contributed by atoms with Crippen molar-refractivity contribution in [2.75, 3.05) is 36.0 Å². The molecular formula is C21H18N8S. The first-order valence-corrected chi connectivity index (χ1v) is 10.6. The predicted octanol–water partition coefficient (Wildman–Crippen LogP) is 3.12. The van der Waals surface area contributed by atoms with E-state index in [-0.39, 0.29) is 0 Å². The highest BCUT2D eigenvalue weighted by Crippen LogP contribution is 2.36. The van der Waals surface area contributed by atoms with Crippen LogP contribution in [0.1, 0.15) is 0 Å². The summed E-state index contributed by atoms with van der Waals surface area (Å²) < 4.78 is 1.71. The second kappa shape index (κ2) is 7.03. The summed E-state index contributed by atoms with van der Waals surface area (Å²) in [7, 11) is 0. The zero-order chi connectivity index (χ0) is 19.9. The third-order valence-corrected chi connectivity index (χ3v) is 6.51. The standard InChI is InChI=1S/C21H18N8S/c1-2-4-15(5-3-1)17-12-16-20(22-13-23-21(16)30-17)28-10-8-27(9-11-28)19-7-6-18-25-24-14-29(18)26-19/h1-7,12-14H,8-11H2. The molecule has 1 aliphatic rings.